The van der Waals surface area contributed by atoms with E-state index in [0.29, 0.717) is 37.6 Å². The SMILES string of the molecule is CCOc1ccccc1OCCCC(=O)NC(CC)C(=O)O. The van der Waals surface area contributed by atoms with Crippen LogP contribution in [0.3, 0.4) is 0 Å². The Morgan fingerprint density at radius 3 is 2.36 bits per heavy atom. The third kappa shape index (κ3) is 6.03. The number of carbonyl (C=O) groups excluding carboxylic acids is 1. The maximum atomic E-state index is 11.6. The van der Waals surface area contributed by atoms with Gasteiger partial charge in [-0.25, -0.2) is 4.79 Å². The molecule has 0 heterocycles. The van der Waals surface area contributed by atoms with E-state index < -0.39 is 12.0 Å². The van der Waals surface area contributed by atoms with Crippen molar-refractivity contribution in [2.45, 2.75) is 39.2 Å². The molecule has 0 aliphatic carbocycles. The van der Waals surface area contributed by atoms with Gasteiger partial charge < -0.3 is 19.9 Å². The third-order valence-electron chi connectivity index (χ3n) is 3.00. The Morgan fingerprint density at radius 1 is 1.18 bits per heavy atom. The lowest BCUT2D eigenvalue weighted by atomic mass is 10.2. The molecule has 0 saturated heterocycles. The smallest absolute Gasteiger partial charge is 0.326 e. The van der Waals surface area contributed by atoms with E-state index in [1.165, 1.54) is 0 Å². The van der Waals surface area contributed by atoms with Crippen LogP contribution in [0.15, 0.2) is 24.3 Å². The number of carbonyl (C=O) groups is 2. The highest BCUT2D eigenvalue weighted by molar-refractivity contribution is 5.83. The van der Waals surface area contributed by atoms with Crippen LogP contribution >= 0.6 is 0 Å². The monoisotopic (exact) mass is 309 g/mol. The van der Waals surface area contributed by atoms with Gasteiger partial charge in [0, 0.05) is 6.42 Å². The predicted molar refractivity (Wildman–Crippen MR) is 82.2 cm³/mol. The Morgan fingerprint density at radius 2 is 1.82 bits per heavy atom. The largest absolute Gasteiger partial charge is 0.490 e. The minimum absolute atomic E-state index is 0.223. The topological polar surface area (TPSA) is 84.9 Å². The first-order chi connectivity index (χ1) is 10.6. The van der Waals surface area contributed by atoms with Gasteiger partial charge in [-0.2, -0.15) is 0 Å². The highest BCUT2D eigenvalue weighted by atomic mass is 16.5. The Bertz CT molecular complexity index is 489. The molecule has 1 atom stereocenters. The summed E-state index contributed by atoms with van der Waals surface area (Å²) in [6, 6.07) is 6.52. The van der Waals surface area contributed by atoms with Crippen molar-refractivity contribution in [3.05, 3.63) is 24.3 Å². The highest BCUT2D eigenvalue weighted by Crippen LogP contribution is 2.26. The van der Waals surface area contributed by atoms with E-state index >= 15 is 0 Å². The van der Waals surface area contributed by atoms with Gasteiger partial charge in [-0.05, 0) is 31.9 Å². The standard InChI is InChI=1S/C16H23NO5/c1-3-12(16(19)20)17-15(18)10-7-11-22-14-9-6-5-8-13(14)21-4-2/h5-6,8-9,12H,3-4,7,10-11H2,1-2H3,(H,17,18)(H,19,20). The molecular formula is C16H23NO5. The van der Waals surface area contributed by atoms with Gasteiger partial charge in [0.1, 0.15) is 6.04 Å². The first kappa shape index (κ1) is 17.8. The molecule has 1 aromatic carbocycles. The minimum atomic E-state index is -1.02. The van der Waals surface area contributed by atoms with Crippen LogP contribution in [0.2, 0.25) is 0 Å². The molecule has 0 aliphatic rings. The average Bonchev–Trinajstić information content (AvgIpc) is 2.50. The fourth-order valence-electron chi connectivity index (χ4n) is 1.86. The summed E-state index contributed by atoms with van der Waals surface area (Å²) in [6.07, 6.45) is 1.09. The maximum absolute atomic E-state index is 11.6. The lowest BCUT2D eigenvalue weighted by Crippen LogP contribution is -2.40. The molecule has 0 aromatic heterocycles. The number of carboxylic acid groups (broad SMARTS) is 1. The molecule has 6 heteroatoms. The molecule has 0 radical (unpaired) electrons. The van der Waals surface area contributed by atoms with E-state index in [0.717, 1.165) is 0 Å². The summed E-state index contributed by atoms with van der Waals surface area (Å²) in [5, 5.41) is 11.3. The number of carboxylic acids is 1. The van der Waals surface area contributed by atoms with Crippen LogP contribution in [0.5, 0.6) is 11.5 Å². The third-order valence-corrected chi connectivity index (χ3v) is 3.00. The molecule has 1 rings (SSSR count). The van der Waals surface area contributed by atoms with Gasteiger partial charge in [0.05, 0.1) is 13.2 Å². The van der Waals surface area contributed by atoms with Crippen molar-refractivity contribution in [2.24, 2.45) is 0 Å². The number of hydrogen-bond donors (Lipinski definition) is 2. The van der Waals surface area contributed by atoms with Gasteiger partial charge in [-0.15, -0.1) is 0 Å². The van der Waals surface area contributed by atoms with E-state index in [2.05, 4.69) is 5.32 Å². The zero-order valence-corrected chi connectivity index (χ0v) is 13.0. The molecule has 22 heavy (non-hydrogen) atoms. The summed E-state index contributed by atoms with van der Waals surface area (Å²) in [6.45, 7) is 4.53. The second-order valence-corrected chi connectivity index (χ2v) is 4.70. The molecule has 0 saturated carbocycles. The minimum Gasteiger partial charge on any atom is -0.490 e. The molecule has 1 amide bonds. The molecule has 6 nitrogen and oxygen atoms in total. The zero-order chi connectivity index (χ0) is 16.4. The van der Waals surface area contributed by atoms with Gasteiger partial charge in [0.25, 0.3) is 0 Å². The van der Waals surface area contributed by atoms with Crippen molar-refractivity contribution >= 4 is 11.9 Å². The highest BCUT2D eigenvalue weighted by Gasteiger charge is 2.17. The number of rotatable bonds is 10. The summed E-state index contributed by atoms with van der Waals surface area (Å²) in [7, 11) is 0. The fourth-order valence-corrected chi connectivity index (χ4v) is 1.86. The molecule has 122 valence electrons. The average molecular weight is 309 g/mol. The van der Waals surface area contributed by atoms with Crippen molar-refractivity contribution < 1.29 is 24.2 Å². The van der Waals surface area contributed by atoms with Crippen LogP contribution < -0.4 is 14.8 Å². The molecule has 0 fully saturated rings. The van der Waals surface area contributed by atoms with Crippen LogP contribution in [-0.4, -0.2) is 36.2 Å². The number of benzene rings is 1. The van der Waals surface area contributed by atoms with Crippen LogP contribution in [0.4, 0.5) is 0 Å². The second-order valence-electron chi connectivity index (χ2n) is 4.70. The van der Waals surface area contributed by atoms with Crippen molar-refractivity contribution in [1.82, 2.24) is 5.32 Å². The molecule has 0 spiro atoms. The molecule has 1 unspecified atom stereocenters. The van der Waals surface area contributed by atoms with E-state index in [1.54, 1.807) is 6.92 Å². The van der Waals surface area contributed by atoms with E-state index in [1.807, 2.05) is 31.2 Å². The number of ether oxygens (including phenoxy) is 2. The first-order valence-corrected chi connectivity index (χ1v) is 7.45. The predicted octanol–water partition coefficient (Wildman–Crippen LogP) is 2.22. The van der Waals surface area contributed by atoms with Crippen molar-refractivity contribution in [3.63, 3.8) is 0 Å². The molecule has 1 aromatic rings. The summed E-state index contributed by atoms with van der Waals surface area (Å²) in [4.78, 5) is 22.5. The number of hydrogen-bond acceptors (Lipinski definition) is 4. The van der Waals surface area contributed by atoms with E-state index in [4.69, 9.17) is 14.6 Å². The van der Waals surface area contributed by atoms with Crippen molar-refractivity contribution in [3.8, 4) is 11.5 Å². The molecule has 2 N–H and O–H groups in total. The summed E-state index contributed by atoms with van der Waals surface area (Å²) >= 11 is 0. The first-order valence-electron chi connectivity index (χ1n) is 7.45. The maximum Gasteiger partial charge on any atom is 0.326 e. The Hall–Kier alpha value is -2.24. The normalized spacial score (nSPS) is 11.5. The number of para-hydroxylation sites is 2. The zero-order valence-electron chi connectivity index (χ0n) is 13.0. The van der Waals surface area contributed by atoms with Crippen LogP contribution in [-0.2, 0) is 9.59 Å². The van der Waals surface area contributed by atoms with Crippen molar-refractivity contribution in [1.29, 1.82) is 0 Å². The van der Waals surface area contributed by atoms with Crippen LogP contribution in [0, 0.1) is 0 Å². The number of nitrogens with one attached hydrogen (secondary N) is 1. The van der Waals surface area contributed by atoms with E-state index in [9.17, 15) is 9.59 Å². The van der Waals surface area contributed by atoms with Crippen LogP contribution in [0.25, 0.3) is 0 Å². The Labute approximate surface area is 130 Å². The summed E-state index contributed by atoms with van der Waals surface area (Å²) in [5.74, 6) is 0.0155. The molecule has 0 bridgehead atoms. The number of amides is 1. The van der Waals surface area contributed by atoms with Gasteiger partial charge in [-0.1, -0.05) is 19.1 Å². The van der Waals surface area contributed by atoms with E-state index in [-0.39, 0.29) is 12.3 Å². The van der Waals surface area contributed by atoms with Crippen molar-refractivity contribution in [2.75, 3.05) is 13.2 Å². The lowest BCUT2D eigenvalue weighted by Gasteiger charge is -2.13. The van der Waals surface area contributed by atoms with Gasteiger partial charge in [-0.3, -0.25) is 4.79 Å². The quantitative estimate of drug-likeness (QED) is 0.647. The summed E-state index contributed by atoms with van der Waals surface area (Å²) < 4.78 is 11.0. The fraction of sp³-hybridized carbons (Fsp3) is 0.500. The Kier molecular flexibility index (Phi) is 7.81. The van der Waals surface area contributed by atoms with Gasteiger partial charge >= 0.3 is 5.97 Å². The van der Waals surface area contributed by atoms with Gasteiger partial charge in [0.2, 0.25) is 5.91 Å². The second kappa shape index (κ2) is 9.65. The number of aliphatic carboxylic acids is 1. The Balaban J connectivity index is 2.33. The molecule has 0 aliphatic heterocycles. The summed E-state index contributed by atoms with van der Waals surface area (Å²) in [5.41, 5.74) is 0. The van der Waals surface area contributed by atoms with Crippen LogP contribution in [0.1, 0.15) is 33.1 Å². The lowest BCUT2D eigenvalue weighted by molar-refractivity contribution is -0.141. The van der Waals surface area contributed by atoms with Gasteiger partial charge in [0.15, 0.2) is 11.5 Å². The molecular weight excluding hydrogens is 286 g/mol.